The Morgan fingerprint density at radius 3 is 2.03 bits per heavy atom. The van der Waals surface area contributed by atoms with Crippen molar-refractivity contribution in [1.29, 1.82) is 0 Å². The summed E-state index contributed by atoms with van der Waals surface area (Å²) in [5.41, 5.74) is 1.27. The zero-order chi connectivity index (χ0) is 24.6. The standard InChI is InChI=1S/C25H36N8O2S/c36-25(26-6-7-30-12-16-34-17-13-30)29-24-27-22(20-23(28-24)33-14-18-35-19-15-33)32-10-8-31(9-11-32)21-4-2-1-3-5-21/h1-5,20H,6-19H2,(H2,26,27,28,29,36). The van der Waals surface area contributed by atoms with Gasteiger partial charge >= 0.3 is 0 Å². The number of aromatic nitrogens is 2. The summed E-state index contributed by atoms with van der Waals surface area (Å²) in [6.45, 7) is 12.0. The Kier molecular flexibility index (Phi) is 8.65. The molecule has 5 rings (SSSR count). The van der Waals surface area contributed by atoms with Crippen molar-refractivity contribution in [2.24, 2.45) is 0 Å². The fourth-order valence-electron chi connectivity index (χ4n) is 4.72. The zero-order valence-corrected chi connectivity index (χ0v) is 21.6. The second kappa shape index (κ2) is 12.5. The van der Waals surface area contributed by atoms with Gasteiger partial charge in [0.05, 0.1) is 26.4 Å². The molecule has 2 N–H and O–H groups in total. The molecule has 4 heterocycles. The molecule has 3 saturated heterocycles. The number of hydrogen-bond donors (Lipinski definition) is 2. The van der Waals surface area contributed by atoms with Gasteiger partial charge in [0, 0.05) is 77.2 Å². The summed E-state index contributed by atoms with van der Waals surface area (Å²) >= 11 is 5.57. The van der Waals surface area contributed by atoms with E-state index in [0.717, 1.165) is 90.3 Å². The Bertz CT molecular complexity index is 977. The molecule has 3 aliphatic heterocycles. The van der Waals surface area contributed by atoms with Crippen LogP contribution < -0.4 is 25.3 Å². The Morgan fingerprint density at radius 1 is 0.778 bits per heavy atom. The number of nitrogens with zero attached hydrogens (tertiary/aromatic N) is 6. The molecule has 2 aromatic rings. The van der Waals surface area contributed by atoms with E-state index < -0.39 is 0 Å². The first-order chi connectivity index (χ1) is 17.7. The third kappa shape index (κ3) is 6.73. The van der Waals surface area contributed by atoms with E-state index >= 15 is 0 Å². The fourth-order valence-corrected chi connectivity index (χ4v) is 4.92. The normalized spacial score (nSPS) is 19.3. The number of para-hydroxylation sites is 1. The van der Waals surface area contributed by atoms with E-state index in [2.05, 4.69) is 66.6 Å². The van der Waals surface area contributed by atoms with Gasteiger partial charge in [-0.25, -0.2) is 0 Å². The van der Waals surface area contributed by atoms with Crippen molar-refractivity contribution < 1.29 is 9.47 Å². The van der Waals surface area contributed by atoms with Crippen molar-refractivity contribution in [3.8, 4) is 0 Å². The third-order valence-electron chi connectivity index (χ3n) is 6.80. The number of piperazine rings is 1. The number of nitrogens with one attached hydrogen (secondary N) is 2. The van der Waals surface area contributed by atoms with Crippen molar-refractivity contribution in [3.05, 3.63) is 36.4 Å². The monoisotopic (exact) mass is 512 g/mol. The van der Waals surface area contributed by atoms with Crippen LogP contribution in [-0.4, -0.2) is 112 Å². The van der Waals surface area contributed by atoms with E-state index in [1.165, 1.54) is 5.69 Å². The van der Waals surface area contributed by atoms with Gasteiger partial charge in [0.1, 0.15) is 11.6 Å². The average Bonchev–Trinajstić information content (AvgIpc) is 2.94. The highest BCUT2D eigenvalue weighted by molar-refractivity contribution is 7.80. The van der Waals surface area contributed by atoms with Crippen LogP contribution in [0.1, 0.15) is 0 Å². The molecule has 3 fully saturated rings. The van der Waals surface area contributed by atoms with Crippen LogP contribution >= 0.6 is 12.2 Å². The van der Waals surface area contributed by atoms with Crippen LogP contribution in [0.4, 0.5) is 23.3 Å². The number of morpholine rings is 2. The molecule has 1 aromatic carbocycles. The highest BCUT2D eigenvalue weighted by Gasteiger charge is 2.22. The quantitative estimate of drug-likeness (QED) is 0.526. The van der Waals surface area contributed by atoms with Gasteiger partial charge in [0.2, 0.25) is 5.95 Å². The minimum atomic E-state index is 0.531. The molecular weight excluding hydrogens is 476 g/mol. The summed E-state index contributed by atoms with van der Waals surface area (Å²) in [6, 6.07) is 12.7. The van der Waals surface area contributed by atoms with Gasteiger partial charge in [-0.05, 0) is 24.4 Å². The smallest absolute Gasteiger partial charge is 0.232 e. The van der Waals surface area contributed by atoms with Gasteiger partial charge in [0.25, 0.3) is 0 Å². The highest BCUT2D eigenvalue weighted by atomic mass is 32.1. The largest absolute Gasteiger partial charge is 0.379 e. The van der Waals surface area contributed by atoms with E-state index in [0.29, 0.717) is 24.3 Å². The van der Waals surface area contributed by atoms with Crippen molar-refractivity contribution in [3.63, 3.8) is 0 Å². The van der Waals surface area contributed by atoms with Crippen LogP contribution in [0.15, 0.2) is 36.4 Å². The predicted molar refractivity (Wildman–Crippen MR) is 147 cm³/mol. The molecule has 0 saturated carbocycles. The third-order valence-corrected chi connectivity index (χ3v) is 7.05. The molecule has 0 aliphatic carbocycles. The van der Waals surface area contributed by atoms with E-state index in [1.807, 2.05) is 0 Å². The number of anilines is 4. The molecule has 194 valence electrons. The molecule has 1 aromatic heterocycles. The number of rotatable bonds is 7. The lowest BCUT2D eigenvalue weighted by Gasteiger charge is -2.37. The van der Waals surface area contributed by atoms with Crippen LogP contribution in [-0.2, 0) is 9.47 Å². The maximum Gasteiger partial charge on any atom is 0.232 e. The van der Waals surface area contributed by atoms with Crippen LogP contribution in [0.25, 0.3) is 0 Å². The molecule has 3 aliphatic rings. The molecule has 0 spiro atoms. The minimum absolute atomic E-state index is 0.531. The molecule has 36 heavy (non-hydrogen) atoms. The van der Waals surface area contributed by atoms with Crippen molar-refractivity contribution in [1.82, 2.24) is 20.2 Å². The molecule has 10 nitrogen and oxygen atoms in total. The second-order valence-corrected chi connectivity index (χ2v) is 9.56. The lowest BCUT2D eigenvalue weighted by molar-refractivity contribution is 0.0389. The van der Waals surface area contributed by atoms with E-state index in [9.17, 15) is 0 Å². The Hall–Kier alpha value is -2.73. The number of thiocarbonyl (C=S) groups is 1. The molecule has 0 unspecified atom stereocenters. The first-order valence-corrected chi connectivity index (χ1v) is 13.3. The van der Waals surface area contributed by atoms with Crippen LogP contribution in [0, 0.1) is 0 Å². The van der Waals surface area contributed by atoms with Gasteiger partial charge in [-0.15, -0.1) is 0 Å². The number of benzene rings is 1. The summed E-state index contributed by atoms with van der Waals surface area (Å²) in [5, 5.41) is 7.08. The molecule has 0 radical (unpaired) electrons. The lowest BCUT2D eigenvalue weighted by Crippen LogP contribution is -2.47. The summed E-state index contributed by atoms with van der Waals surface area (Å²) in [4.78, 5) is 19.1. The number of hydrogen-bond acceptors (Lipinski definition) is 9. The molecule has 0 bridgehead atoms. The minimum Gasteiger partial charge on any atom is -0.379 e. The number of ether oxygens (including phenoxy) is 2. The van der Waals surface area contributed by atoms with E-state index in [4.69, 9.17) is 31.7 Å². The fraction of sp³-hybridized carbons (Fsp3) is 0.560. The van der Waals surface area contributed by atoms with E-state index in [-0.39, 0.29) is 0 Å². The second-order valence-electron chi connectivity index (χ2n) is 9.15. The van der Waals surface area contributed by atoms with Gasteiger partial charge < -0.3 is 34.8 Å². The van der Waals surface area contributed by atoms with Crippen LogP contribution in [0.3, 0.4) is 0 Å². The Balaban J connectivity index is 1.23. The Morgan fingerprint density at radius 2 is 1.36 bits per heavy atom. The first kappa shape index (κ1) is 24.9. The zero-order valence-electron chi connectivity index (χ0n) is 20.8. The summed E-state index contributed by atoms with van der Waals surface area (Å²) in [6.07, 6.45) is 0. The van der Waals surface area contributed by atoms with Gasteiger partial charge in [-0.1, -0.05) is 18.2 Å². The van der Waals surface area contributed by atoms with Crippen molar-refractivity contribution >= 4 is 40.6 Å². The van der Waals surface area contributed by atoms with Gasteiger partial charge in [-0.3, -0.25) is 4.90 Å². The van der Waals surface area contributed by atoms with E-state index in [1.54, 1.807) is 0 Å². The average molecular weight is 513 g/mol. The predicted octanol–water partition coefficient (Wildman–Crippen LogP) is 1.26. The molecular formula is C25H36N8O2S. The van der Waals surface area contributed by atoms with Gasteiger partial charge in [-0.2, -0.15) is 9.97 Å². The first-order valence-electron chi connectivity index (χ1n) is 12.9. The van der Waals surface area contributed by atoms with Crippen molar-refractivity contribution in [2.45, 2.75) is 0 Å². The summed E-state index contributed by atoms with van der Waals surface area (Å²) in [5.74, 6) is 2.37. The maximum atomic E-state index is 5.57. The molecule has 0 atom stereocenters. The van der Waals surface area contributed by atoms with Crippen LogP contribution in [0.5, 0.6) is 0 Å². The topological polar surface area (TPSA) is 81.3 Å². The van der Waals surface area contributed by atoms with Gasteiger partial charge in [0.15, 0.2) is 5.11 Å². The molecule has 0 amide bonds. The molecule has 11 heteroatoms. The summed E-state index contributed by atoms with van der Waals surface area (Å²) < 4.78 is 11.0. The van der Waals surface area contributed by atoms with Crippen molar-refractivity contribution in [2.75, 3.05) is 112 Å². The van der Waals surface area contributed by atoms with Crippen LogP contribution in [0.2, 0.25) is 0 Å². The Labute approximate surface area is 218 Å². The summed E-state index contributed by atoms with van der Waals surface area (Å²) in [7, 11) is 0. The lowest BCUT2D eigenvalue weighted by atomic mass is 10.2. The highest BCUT2D eigenvalue weighted by Crippen LogP contribution is 2.24. The SMILES string of the molecule is S=C(NCCN1CCOCC1)Nc1nc(N2CCOCC2)cc(N2CCN(c3ccccc3)CC2)n1. The maximum absolute atomic E-state index is 5.57.